The van der Waals surface area contributed by atoms with Crippen LogP contribution in [0.4, 0.5) is 0 Å². The van der Waals surface area contributed by atoms with Crippen LogP contribution in [-0.4, -0.2) is 24.6 Å². The molecule has 1 heterocycles. The summed E-state index contributed by atoms with van der Waals surface area (Å²) < 4.78 is 5.31. The maximum absolute atomic E-state index is 5.31. The number of hydrogen-bond donors (Lipinski definition) is 1. The number of rotatable bonds is 9. The fourth-order valence-electron chi connectivity index (χ4n) is 1.64. The average molecular weight is 241 g/mol. The van der Waals surface area contributed by atoms with Crippen LogP contribution in [-0.2, 0) is 6.42 Å². The summed E-state index contributed by atoms with van der Waals surface area (Å²) in [6, 6.07) is 4.58. The predicted molar refractivity (Wildman–Crippen MR) is 72.1 cm³/mol. The number of nitrogens with one attached hydrogen (secondary N) is 1. The van der Waals surface area contributed by atoms with E-state index in [1.807, 2.05) is 23.9 Å². The van der Waals surface area contributed by atoms with E-state index in [4.69, 9.17) is 4.42 Å². The van der Waals surface area contributed by atoms with E-state index in [0.717, 1.165) is 25.1 Å². The first kappa shape index (κ1) is 13.7. The van der Waals surface area contributed by atoms with Crippen molar-refractivity contribution in [2.24, 2.45) is 0 Å². The highest BCUT2D eigenvalue weighted by molar-refractivity contribution is 7.98. The van der Waals surface area contributed by atoms with Gasteiger partial charge in [-0.2, -0.15) is 11.8 Å². The van der Waals surface area contributed by atoms with Gasteiger partial charge in [0.25, 0.3) is 0 Å². The minimum Gasteiger partial charge on any atom is -0.469 e. The van der Waals surface area contributed by atoms with Gasteiger partial charge in [0, 0.05) is 12.5 Å². The minimum atomic E-state index is 0.583. The van der Waals surface area contributed by atoms with Gasteiger partial charge in [0.05, 0.1) is 6.26 Å². The summed E-state index contributed by atoms with van der Waals surface area (Å²) in [7, 11) is 0. The van der Waals surface area contributed by atoms with E-state index < -0.39 is 0 Å². The average Bonchev–Trinajstić information content (AvgIpc) is 2.79. The van der Waals surface area contributed by atoms with E-state index in [0.29, 0.717) is 6.04 Å². The normalized spacial score (nSPS) is 12.9. The van der Waals surface area contributed by atoms with Gasteiger partial charge in [-0.3, -0.25) is 0 Å². The second-order valence-corrected chi connectivity index (χ2v) is 5.16. The maximum atomic E-state index is 5.31. The molecule has 92 valence electrons. The maximum Gasteiger partial charge on any atom is 0.103 e. The van der Waals surface area contributed by atoms with E-state index >= 15 is 0 Å². The van der Waals surface area contributed by atoms with Crippen LogP contribution in [0.2, 0.25) is 0 Å². The van der Waals surface area contributed by atoms with Crippen LogP contribution in [0.5, 0.6) is 0 Å². The molecule has 0 fully saturated rings. The molecule has 0 aliphatic heterocycles. The molecule has 3 heteroatoms. The molecule has 1 unspecified atom stereocenters. The van der Waals surface area contributed by atoms with Crippen molar-refractivity contribution in [2.45, 2.75) is 38.6 Å². The molecule has 0 aliphatic carbocycles. The van der Waals surface area contributed by atoms with Crippen molar-refractivity contribution in [3.63, 3.8) is 0 Å². The molecule has 0 aliphatic rings. The molecule has 1 atom stereocenters. The monoisotopic (exact) mass is 241 g/mol. The van der Waals surface area contributed by atoms with Gasteiger partial charge in [-0.15, -0.1) is 0 Å². The Morgan fingerprint density at radius 1 is 1.44 bits per heavy atom. The zero-order valence-electron chi connectivity index (χ0n) is 10.4. The fraction of sp³-hybridized carbons (Fsp3) is 0.692. The van der Waals surface area contributed by atoms with E-state index in [1.165, 1.54) is 18.6 Å². The summed E-state index contributed by atoms with van der Waals surface area (Å²) in [5.74, 6) is 2.37. The Kier molecular flexibility index (Phi) is 7.43. The summed E-state index contributed by atoms with van der Waals surface area (Å²) >= 11 is 1.93. The van der Waals surface area contributed by atoms with Gasteiger partial charge in [0.15, 0.2) is 0 Å². The summed E-state index contributed by atoms with van der Waals surface area (Å²) in [6.45, 7) is 3.39. The van der Waals surface area contributed by atoms with Crippen molar-refractivity contribution >= 4 is 11.8 Å². The molecular weight excluding hydrogens is 218 g/mol. The molecule has 0 saturated carbocycles. The van der Waals surface area contributed by atoms with Crippen LogP contribution in [0.15, 0.2) is 22.8 Å². The number of thioether (sulfide) groups is 1. The lowest BCUT2D eigenvalue weighted by Gasteiger charge is -2.12. The van der Waals surface area contributed by atoms with Crippen molar-refractivity contribution in [1.82, 2.24) is 5.32 Å². The van der Waals surface area contributed by atoms with Crippen LogP contribution >= 0.6 is 11.8 Å². The van der Waals surface area contributed by atoms with E-state index in [9.17, 15) is 0 Å². The first-order valence-electron chi connectivity index (χ1n) is 6.07. The molecule has 2 nitrogen and oxygen atoms in total. The summed E-state index contributed by atoms with van der Waals surface area (Å²) in [6.07, 6.45) is 8.70. The molecule has 0 bridgehead atoms. The summed E-state index contributed by atoms with van der Waals surface area (Å²) in [4.78, 5) is 0. The minimum absolute atomic E-state index is 0.583. The zero-order valence-corrected chi connectivity index (χ0v) is 11.2. The van der Waals surface area contributed by atoms with Crippen molar-refractivity contribution in [1.29, 1.82) is 0 Å². The van der Waals surface area contributed by atoms with Gasteiger partial charge in [0.1, 0.15) is 5.76 Å². The quantitative estimate of drug-likeness (QED) is 0.671. The lowest BCUT2D eigenvalue weighted by atomic mass is 10.1. The van der Waals surface area contributed by atoms with Crippen LogP contribution in [0, 0.1) is 0 Å². The molecule has 1 aromatic heterocycles. The van der Waals surface area contributed by atoms with Gasteiger partial charge in [-0.05, 0) is 56.9 Å². The standard InChI is InChI=1S/C13H23NOS/c1-12(14-9-3-4-11-16-2)7-8-13-6-5-10-15-13/h5-6,10,12,14H,3-4,7-9,11H2,1-2H3. The predicted octanol–water partition coefficient (Wildman–Crippen LogP) is 3.33. The van der Waals surface area contributed by atoms with Gasteiger partial charge in [-0.1, -0.05) is 0 Å². The van der Waals surface area contributed by atoms with E-state index in [2.05, 4.69) is 18.5 Å². The third kappa shape index (κ3) is 6.23. The molecule has 0 radical (unpaired) electrons. The Balaban J connectivity index is 1.96. The second-order valence-electron chi connectivity index (χ2n) is 4.17. The highest BCUT2D eigenvalue weighted by Gasteiger charge is 2.02. The Morgan fingerprint density at radius 2 is 2.31 bits per heavy atom. The van der Waals surface area contributed by atoms with Crippen molar-refractivity contribution in [3.8, 4) is 0 Å². The molecule has 0 amide bonds. The lowest BCUT2D eigenvalue weighted by molar-refractivity contribution is 0.457. The number of furan rings is 1. The Morgan fingerprint density at radius 3 is 3.00 bits per heavy atom. The number of aryl methyl sites for hydroxylation is 1. The molecule has 1 N–H and O–H groups in total. The van der Waals surface area contributed by atoms with Crippen molar-refractivity contribution in [2.75, 3.05) is 18.6 Å². The topological polar surface area (TPSA) is 25.2 Å². The second kappa shape index (κ2) is 8.71. The van der Waals surface area contributed by atoms with Gasteiger partial charge in [-0.25, -0.2) is 0 Å². The molecule has 0 saturated heterocycles. The SMILES string of the molecule is CSCCCCNC(C)CCc1ccco1. The third-order valence-electron chi connectivity index (χ3n) is 2.67. The van der Waals surface area contributed by atoms with Crippen molar-refractivity contribution < 1.29 is 4.42 Å². The fourth-order valence-corrected chi connectivity index (χ4v) is 2.13. The molecule has 0 spiro atoms. The summed E-state index contributed by atoms with van der Waals surface area (Å²) in [5, 5.41) is 3.55. The Labute approximate surface area is 103 Å². The van der Waals surface area contributed by atoms with Gasteiger partial charge >= 0.3 is 0 Å². The third-order valence-corrected chi connectivity index (χ3v) is 3.37. The largest absolute Gasteiger partial charge is 0.469 e. The molecule has 1 aromatic rings. The first-order chi connectivity index (χ1) is 7.83. The Bertz CT molecular complexity index is 248. The van der Waals surface area contributed by atoms with E-state index in [1.54, 1.807) is 6.26 Å². The van der Waals surface area contributed by atoms with Crippen LogP contribution < -0.4 is 5.32 Å². The van der Waals surface area contributed by atoms with Gasteiger partial charge in [0.2, 0.25) is 0 Å². The highest BCUT2D eigenvalue weighted by atomic mass is 32.2. The summed E-state index contributed by atoms with van der Waals surface area (Å²) in [5.41, 5.74) is 0. The zero-order chi connectivity index (χ0) is 11.6. The number of hydrogen-bond acceptors (Lipinski definition) is 3. The first-order valence-corrected chi connectivity index (χ1v) is 7.47. The van der Waals surface area contributed by atoms with Crippen molar-refractivity contribution in [3.05, 3.63) is 24.2 Å². The van der Waals surface area contributed by atoms with E-state index in [-0.39, 0.29) is 0 Å². The lowest BCUT2D eigenvalue weighted by Crippen LogP contribution is -2.27. The molecule has 1 rings (SSSR count). The van der Waals surface area contributed by atoms with Crippen LogP contribution in [0.25, 0.3) is 0 Å². The number of unbranched alkanes of at least 4 members (excludes halogenated alkanes) is 1. The molecular formula is C13H23NOS. The Hall–Kier alpha value is -0.410. The molecule has 16 heavy (non-hydrogen) atoms. The smallest absolute Gasteiger partial charge is 0.103 e. The molecule has 0 aromatic carbocycles. The highest BCUT2D eigenvalue weighted by Crippen LogP contribution is 2.06. The van der Waals surface area contributed by atoms with Crippen LogP contribution in [0.3, 0.4) is 0 Å². The van der Waals surface area contributed by atoms with Gasteiger partial charge < -0.3 is 9.73 Å². The van der Waals surface area contributed by atoms with Crippen LogP contribution in [0.1, 0.15) is 31.9 Å².